The van der Waals surface area contributed by atoms with E-state index in [9.17, 15) is 4.39 Å². The number of rotatable bonds is 2. The lowest BCUT2D eigenvalue weighted by molar-refractivity contribution is -0.931. The standard InChI is InChI=1S/C20H23FN4S/c21-15-6-2-3-7-16(15)24-9-11-25(12-10-24)19-18-14-5-1-4-8-17(14)26-20(18)23-13-22-19/h2-3,6-7,13,19H,1,4-5,8-12H2,(H,22,23)/p+1/t19-/m0/s1. The number of para-hydroxylation sites is 1. The van der Waals surface area contributed by atoms with Crippen LogP contribution < -0.4 is 15.1 Å². The van der Waals surface area contributed by atoms with E-state index in [0.29, 0.717) is 0 Å². The Morgan fingerprint density at radius 3 is 2.81 bits per heavy atom. The fourth-order valence-corrected chi connectivity index (χ4v) is 5.84. The van der Waals surface area contributed by atoms with E-state index in [-0.39, 0.29) is 12.0 Å². The molecule has 3 heterocycles. The quantitative estimate of drug-likeness (QED) is 0.851. The fourth-order valence-electron chi connectivity index (χ4n) is 4.56. The van der Waals surface area contributed by atoms with Crippen LogP contribution in [0.15, 0.2) is 29.3 Å². The zero-order valence-corrected chi connectivity index (χ0v) is 15.6. The van der Waals surface area contributed by atoms with Crippen LogP contribution >= 0.6 is 11.3 Å². The van der Waals surface area contributed by atoms with Gasteiger partial charge in [-0.25, -0.2) is 9.38 Å². The molecular weight excluding hydrogens is 347 g/mol. The Morgan fingerprint density at radius 1 is 1.15 bits per heavy atom. The molecule has 1 saturated heterocycles. The molecular formula is C20H24FN4S+. The average molecular weight is 372 g/mol. The molecule has 1 aromatic heterocycles. The molecule has 0 saturated carbocycles. The Balaban J connectivity index is 1.36. The van der Waals surface area contributed by atoms with Crippen LogP contribution in [0.25, 0.3) is 0 Å². The second kappa shape index (κ2) is 6.67. The second-order valence-corrected chi connectivity index (χ2v) is 8.48. The molecule has 1 aromatic carbocycles. The first kappa shape index (κ1) is 16.3. The summed E-state index contributed by atoms with van der Waals surface area (Å²) in [5.41, 5.74) is 3.74. The molecule has 0 spiro atoms. The summed E-state index contributed by atoms with van der Waals surface area (Å²) in [4.78, 5) is 10.1. The van der Waals surface area contributed by atoms with Gasteiger partial charge in [-0.1, -0.05) is 12.1 Å². The predicted molar refractivity (Wildman–Crippen MR) is 105 cm³/mol. The largest absolute Gasteiger partial charge is 0.358 e. The fraction of sp³-hybridized carbons (Fsp3) is 0.450. The van der Waals surface area contributed by atoms with Gasteiger partial charge < -0.3 is 15.1 Å². The van der Waals surface area contributed by atoms with E-state index in [0.717, 1.165) is 31.9 Å². The minimum Gasteiger partial charge on any atom is -0.358 e. The van der Waals surface area contributed by atoms with Gasteiger partial charge in [-0.3, -0.25) is 0 Å². The third-order valence-corrected chi connectivity index (χ3v) is 7.13. The van der Waals surface area contributed by atoms with Gasteiger partial charge in [-0.2, -0.15) is 0 Å². The van der Waals surface area contributed by atoms with Crippen molar-refractivity contribution >= 4 is 28.4 Å². The number of thiophene rings is 1. The molecule has 5 rings (SSSR count). The lowest BCUT2D eigenvalue weighted by atomic mass is 9.93. The number of aryl methyl sites for hydroxylation is 1. The third-order valence-electron chi connectivity index (χ3n) is 5.89. The van der Waals surface area contributed by atoms with E-state index in [2.05, 4.69) is 10.2 Å². The van der Waals surface area contributed by atoms with Gasteiger partial charge in [0, 0.05) is 4.88 Å². The maximum absolute atomic E-state index is 14.1. The van der Waals surface area contributed by atoms with Gasteiger partial charge in [-0.05, 0) is 43.4 Å². The number of nitrogens with zero attached hydrogens (tertiary/aromatic N) is 2. The Morgan fingerprint density at radius 2 is 1.96 bits per heavy atom. The smallest absolute Gasteiger partial charge is 0.212 e. The van der Waals surface area contributed by atoms with Crippen LogP contribution in [-0.2, 0) is 12.8 Å². The Kier molecular flexibility index (Phi) is 4.17. The highest BCUT2D eigenvalue weighted by Crippen LogP contribution is 2.42. The number of piperazine rings is 1. The van der Waals surface area contributed by atoms with Gasteiger partial charge >= 0.3 is 0 Å². The predicted octanol–water partition coefficient (Wildman–Crippen LogP) is 2.62. The SMILES string of the molecule is Fc1ccccc1N1CC[NH+]([C@@H]2N=CNc3sc4c(c32)CCCC4)CC1. The number of hydrogen-bond donors (Lipinski definition) is 2. The monoisotopic (exact) mass is 371 g/mol. The molecule has 2 aromatic rings. The van der Waals surface area contributed by atoms with Gasteiger partial charge in [0.1, 0.15) is 10.8 Å². The van der Waals surface area contributed by atoms with E-state index in [1.54, 1.807) is 22.6 Å². The van der Waals surface area contributed by atoms with Gasteiger partial charge in [0.25, 0.3) is 0 Å². The number of halogens is 1. The lowest BCUT2D eigenvalue weighted by Gasteiger charge is -2.37. The summed E-state index contributed by atoms with van der Waals surface area (Å²) < 4.78 is 14.1. The van der Waals surface area contributed by atoms with Crippen LogP contribution in [-0.4, -0.2) is 32.5 Å². The van der Waals surface area contributed by atoms with Crippen molar-refractivity contribution in [3.8, 4) is 0 Å². The van der Waals surface area contributed by atoms with Crippen LogP contribution in [0.5, 0.6) is 0 Å². The topological polar surface area (TPSA) is 32.1 Å². The molecule has 136 valence electrons. The summed E-state index contributed by atoms with van der Waals surface area (Å²) in [7, 11) is 0. The highest BCUT2D eigenvalue weighted by molar-refractivity contribution is 7.16. The Labute approximate surface area is 157 Å². The molecule has 1 aliphatic carbocycles. The summed E-state index contributed by atoms with van der Waals surface area (Å²) >= 11 is 1.93. The average Bonchev–Trinajstić information content (AvgIpc) is 3.07. The van der Waals surface area contributed by atoms with Crippen molar-refractivity contribution in [3.05, 3.63) is 46.1 Å². The summed E-state index contributed by atoms with van der Waals surface area (Å²) in [6, 6.07) is 7.11. The zero-order valence-electron chi connectivity index (χ0n) is 14.8. The first-order valence-corrected chi connectivity index (χ1v) is 10.4. The molecule has 0 bridgehead atoms. The second-order valence-electron chi connectivity index (χ2n) is 7.38. The molecule has 0 amide bonds. The van der Waals surface area contributed by atoms with E-state index >= 15 is 0 Å². The normalized spacial score (nSPS) is 22.7. The molecule has 4 nitrogen and oxygen atoms in total. The molecule has 6 heteroatoms. The van der Waals surface area contributed by atoms with Gasteiger partial charge in [-0.15, -0.1) is 11.3 Å². The molecule has 3 aliphatic rings. The first-order valence-electron chi connectivity index (χ1n) is 9.58. The maximum atomic E-state index is 14.1. The van der Waals surface area contributed by atoms with Crippen molar-refractivity contribution in [2.24, 2.45) is 4.99 Å². The third kappa shape index (κ3) is 2.72. The summed E-state index contributed by atoms with van der Waals surface area (Å²) in [5.74, 6) is -0.120. The molecule has 1 atom stereocenters. The first-order chi connectivity index (χ1) is 12.8. The van der Waals surface area contributed by atoms with Crippen molar-refractivity contribution < 1.29 is 9.29 Å². The summed E-state index contributed by atoms with van der Waals surface area (Å²) in [6.07, 6.45) is 7.11. The molecule has 2 aliphatic heterocycles. The van der Waals surface area contributed by atoms with Crippen LogP contribution in [0.4, 0.5) is 15.1 Å². The summed E-state index contributed by atoms with van der Waals surface area (Å²) in [6.45, 7) is 3.72. The number of hydrogen-bond acceptors (Lipinski definition) is 4. The number of fused-ring (bicyclic) bond motifs is 3. The number of nitrogens with one attached hydrogen (secondary N) is 2. The van der Waals surface area contributed by atoms with Crippen molar-refractivity contribution in [1.29, 1.82) is 0 Å². The highest BCUT2D eigenvalue weighted by atomic mass is 32.1. The van der Waals surface area contributed by atoms with Gasteiger partial charge in [0.2, 0.25) is 6.17 Å². The van der Waals surface area contributed by atoms with Crippen LogP contribution in [0.3, 0.4) is 0 Å². The van der Waals surface area contributed by atoms with Crippen molar-refractivity contribution in [3.63, 3.8) is 0 Å². The maximum Gasteiger partial charge on any atom is 0.212 e. The van der Waals surface area contributed by atoms with Crippen LogP contribution in [0.2, 0.25) is 0 Å². The molecule has 0 unspecified atom stereocenters. The van der Waals surface area contributed by atoms with Gasteiger partial charge in [0.15, 0.2) is 0 Å². The molecule has 0 radical (unpaired) electrons. The van der Waals surface area contributed by atoms with Gasteiger partial charge in [0.05, 0.1) is 43.8 Å². The number of benzene rings is 1. The van der Waals surface area contributed by atoms with Crippen molar-refractivity contribution in [2.45, 2.75) is 31.8 Å². The lowest BCUT2D eigenvalue weighted by Crippen LogP contribution is -3.15. The zero-order chi connectivity index (χ0) is 17.5. The van der Waals surface area contributed by atoms with E-state index in [1.165, 1.54) is 41.1 Å². The van der Waals surface area contributed by atoms with Crippen LogP contribution in [0, 0.1) is 5.82 Å². The Hall–Kier alpha value is -1.92. The Bertz CT molecular complexity index is 838. The highest BCUT2D eigenvalue weighted by Gasteiger charge is 2.36. The molecule has 2 N–H and O–H groups in total. The molecule has 26 heavy (non-hydrogen) atoms. The van der Waals surface area contributed by atoms with E-state index in [4.69, 9.17) is 4.99 Å². The minimum atomic E-state index is -0.120. The van der Waals surface area contributed by atoms with Crippen molar-refractivity contribution in [2.75, 3.05) is 36.4 Å². The minimum absolute atomic E-state index is 0.120. The number of anilines is 2. The van der Waals surface area contributed by atoms with E-state index in [1.807, 2.05) is 29.8 Å². The molecule has 1 fully saturated rings. The number of quaternary nitrogens is 1. The van der Waals surface area contributed by atoms with Crippen LogP contribution in [0.1, 0.15) is 35.0 Å². The van der Waals surface area contributed by atoms with Crippen molar-refractivity contribution in [1.82, 2.24) is 0 Å². The summed E-state index contributed by atoms with van der Waals surface area (Å²) in [5, 5.41) is 4.69. The number of aliphatic imine (C=N–C) groups is 1. The van der Waals surface area contributed by atoms with E-state index < -0.39 is 0 Å².